The lowest BCUT2D eigenvalue weighted by Crippen LogP contribution is -2.50. The van der Waals surface area contributed by atoms with Gasteiger partial charge in [0.05, 0.1) is 5.60 Å². The zero-order valence-corrected chi connectivity index (χ0v) is 15.1. The maximum Gasteiger partial charge on any atom is 0.135 e. The van der Waals surface area contributed by atoms with Crippen molar-refractivity contribution in [1.82, 2.24) is 0 Å². The highest BCUT2D eigenvalue weighted by molar-refractivity contribution is 5.54. The summed E-state index contributed by atoms with van der Waals surface area (Å²) in [6.45, 7) is 10.2. The monoisotopic (exact) mass is 330 g/mol. The van der Waals surface area contributed by atoms with E-state index in [1.165, 1.54) is 12.8 Å². The summed E-state index contributed by atoms with van der Waals surface area (Å²) in [5.74, 6) is 1.31. The van der Waals surface area contributed by atoms with Crippen LogP contribution in [-0.2, 0) is 6.42 Å². The maximum atomic E-state index is 10.8. The second-order valence-electron chi connectivity index (χ2n) is 7.90. The van der Waals surface area contributed by atoms with Gasteiger partial charge in [0.2, 0.25) is 0 Å². The third kappa shape index (κ3) is 2.95. The average molecular weight is 330 g/mol. The number of phenols is 1. The van der Waals surface area contributed by atoms with E-state index >= 15 is 0 Å². The number of unbranched alkanes of at least 4 members (excludes halogenated alkanes) is 2. The minimum absolute atomic E-state index is 0.00839. The van der Waals surface area contributed by atoms with Crippen LogP contribution in [-0.4, -0.2) is 21.9 Å². The maximum absolute atomic E-state index is 10.8. The number of aromatic hydroxyl groups is 1. The van der Waals surface area contributed by atoms with Crippen LogP contribution in [0.5, 0.6) is 11.5 Å². The Kier molecular flexibility index (Phi) is 4.65. The van der Waals surface area contributed by atoms with Crippen molar-refractivity contribution in [2.75, 3.05) is 0 Å². The topological polar surface area (TPSA) is 49.7 Å². The molecule has 2 N–H and O–H groups in total. The average Bonchev–Trinajstić information content (AvgIpc) is 2.88. The number of hydrogen-bond donors (Lipinski definition) is 2. The van der Waals surface area contributed by atoms with Gasteiger partial charge in [-0.1, -0.05) is 31.9 Å². The van der Waals surface area contributed by atoms with E-state index in [-0.39, 0.29) is 17.9 Å². The molecule has 132 valence electrons. The normalized spacial score (nSPS) is 31.2. The fraction of sp³-hybridized carbons (Fsp3) is 0.619. The largest absolute Gasteiger partial charge is 0.508 e. The molecule has 1 fully saturated rings. The Morgan fingerprint density at radius 1 is 1.38 bits per heavy atom. The summed E-state index contributed by atoms with van der Waals surface area (Å²) in [6, 6.07) is 3.95. The summed E-state index contributed by atoms with van der Waals surface area (Å²) < 4.78 is 6.18. The van der Waals surface area contributed by atoms with Gasteiger partial charge in [0.25, 0.3) is 0 Å². The van der Waals surface area contributed by atoms with Gasteiger partial charge in [0.15, 0.2) is 0 Å². The van der Waals surface area contributed by atoms with Crippen molar-refractivity contribution in [3.8, 4) is 11.5 Å². The highest BCUT2D eigenvalue weighted by atomic mass is 16.5. The number of fused-ring (bicyclic) bond motifs is 3. The Labute approximate surface area is 145 Å². The second-order valence-corrected chi connectivity index (χ2v) is 7.90. The molecule has 0 unspecified atom stereocenters. The van der Waals surface area contributed by atoms with Gasteiger partial charge in [-0.05, 0) is 63.1 Å². The number of benzene rings is 1. The number of ether oxygens (including phenoxy) is 1. The quantitative estimate of drug-likeness (QED) is 0.607. The summed E-state index contributed by atoms with van der Waals surface area (Å²) in [5.41, 5.74) is 2.21. The molecule has 3 heteroatoms. The molecule has 0 bridgehead atoms. The third-order valence-corrected chi connectivity index (χ3v) is 5.80. The van der Waals surface area contributed by atoms with E-state index in [2.05, 4.69) is 19.6 Å². The molecule has 3 nitrogen and oxygen atoms in total. The van der Waals surface area contributed by atoms with Crippen molar-refractivity contribution in [3.05, 3.63) is 35.4 Å². The van der Waals surface area contributed by atoms with E-state index in [1.54, 1.807) is 0 Å². The molecule has 2 aliphatic rings. The number of aryl methyl sites for hydroxylation is 1. The van der Waals surface area contributed by atoms with Gasteiger partial charge in [-0.3, -0.25) is 0 Å². The molecule has 1 saturated carbocycles. The number of allylic oxidation sites excluding steroid dienone is 1. The molecule has 1 aliphatic heterocycles. The molecule has 0 aromatic heterocycles. The van der Waals surface area contributed by atoms with Gasteiger partial charge in [0, 0.05) is 11.5 Å². The van der Waals surface area contributed by atoms with Crippen molar-refractivity contribution in [1.29, 1.82) is 0 Å². The Hall–Kier alpha value is -1.48. The summed E-state index contributed by atoms with van der Waals surface area (Å²) in [7, 11) is 0. The highest BCUT2D eigenvalue weighted by Gasteiger charge is 2.53. The van der Waals surface area contributed by atoms with Gasteiger partial charge in [-0.15, -0.1) is 0 Å². The van der Waals surface area contributed by atoms with Gasteiger partial charge in [-0.25, -0.2) is 0 Å². The van der Waals surface area contributed by atoms with Crippen molar-refractivity contribution in [3.63, 3.8) is 0 Å². The van der Waals surface area contributed by atoms with Crippen molar-refractivity contribution in [2.24, 2.45) is 5.92 Å². The Balaban J connectivity index is 1.96. The minimum atomic E-state index is -0.871. The number of aliphatic hydroxyl groups is 1. The summed E-state index contributed by atoms with van der Waals surface area (Å²) in [5, 5.41) is 21.5. The number of phenolic OH excluding ortho intramolecular Hbond substituents is 1. The lowest BCUT2D eigenvalue weighted by atomic mass is 9.66. The lowest BCUT2D eigenvalue weighted by Gasteiger charge is -2.42. The van der Waals surface area contributed by atoms with Gasteiger partial charge in [0.1, 0.15) is 17.6 Å². The molecule has 1 aliphatic carbocycles. The fourth-order valence-electron chi connectivity index (χ4n) is 4.43. The Morgan fingerprint density at radius 3 is 2.79 bits per heavy atom. The van der Waals surface area contributed by atoms with Crippen molar-refractivity contribution in [2.45, 2.75) is 76.9 Å². The summed E-state index contributed by atoms with van der Waals surface area (Å²) >= 11 is 0. The van der Waals surface area contributed by atoms with Gasteiger partial charge in [-0.2, -0.15) is 0 Å². The molecule has 4 atom stereocenters. The fourth-order valence-corrected chi connectivity index (χ4v) is 4.43. The van der Waals surface area contributed by atoms with Crippen LogP contribution in [0.1, 0.15) is 69.9 Å². The summed E-state index contributed by atoms with van der Waals surface area (Å²) in [6.07, 6.45) is 5.71. The molecule has 0 amide bonds. The molecular formula is C21H30O3. The minimum Gasteiger partial charge on any atom is -0.508 e. The second kappa shape index (κ2) is 6.44. The van der Waals surface area contributed by atoms with Gasteiger partial charge >= 0.3 is 0 Å². The SMILES string of the molecule is C=C(C)[C@H]1CC[C@@](C)(O)[C@@H]2Oc3cc(CCCCC)cc(O)c3[C@H]12. The predicted molar refractivity (Wildman–Crippen MR) is 96.7 cm³/mol. The van der Waals surface area contributed by atoms with E-state index in [0.717, 1.165) is 41.7 Å². The smallest absolute Gasteiger partial charge is 0.135 e. The molecule has 0 spiro atoms. The van der Waals surface area contributed by atoms with E-state index in [9.17, 15) is 10.2 Å². The first-order valence-corrected chi connectivity index (χ1v) is 9.25. The van der Waals surface area contributed by atoms with Crippen molar-refractivity contribution < 1.29 is 14.9 Å². The predicted octanol–water partition coefficient (Wildman–Crippen LogP) is 4.71. The third-order valence-electron chi connectivity index (χ3n) is 5.80. The van der Waals surface area contributed by atoms with E-state index in [1.807, 2.05) is 19.9 Å². The molecule has 1 aromatic rings. The zero-order valence-electron chi connectivity index (χ0n) is 15.1. The lowest BCUT2D eigenvalue weighted by molar-refractivity contribution is -0.0824. The van der Waals surface area contributed by atoms with Gasteiger partial charge < -0.3 is 14.9 Å². The first-order chi connectivity index (χ1) is 11.3. The number of rotatable bonds is 5. The van der Waals surface area contributed by atoms with Crippen LogP contribution in [0.15, 0.2) is 24.3 Å². The number of hydrogen-bond acceptors (Lipinski definition) is 3. The van der Waals surface area contributed by atoms with Crippen LogP contribution in [0, 0.1) is 5.92 Å². The molecule has 24 heavy (non-hydrogen) atoms. The Morgan fingerprint density at radius 2 is 2.12 bits per heavy atom. The van der Waals surface area contributed by atoms with Crippen LogP contribution < -0.4 is 4.74 Å². The van der Waals surface area contributed by atoms with Crippen LogP contribution in [0.25, 0.3) is 0 Å². The van der Waals surface area contributed by atoms with Crippen molar-refractivity contribution >= 4 is 0 Å². The van der Waals surface area contributed by atoms with E-state index < -0.39 is 5.60 Å². The van der Waals surface area contributed by atoms with E-state index in [4.69, 9.17) is 4.74 Å². The molecule has 1 aromatic carbocycles. The standard InChI is InChI=1S/C21H30O3/c1-5-6-7-8-14-11-16(22)19-17(12-14)24-20-18(19)15(13(2)3)9-10-21(20,4)23/h11-12,15,18,20,22-23H,2,5-10H2,1,3-4H3/t15-,18+,20-,21-/m1/s1. The molecular weight excluding hydrogens is 300 g/mol. The van der Waals surface area contributed by atoms with E-state index in [0.29, 0.717) is 12.2 Å². The molecule has 3 rings (SSSR count). The first-order valence-electron chi connectivity index (χ1n) is 9.25. The summed E-state index contributed by atoms with van der Waals surface area (Å²) in [4.78, 5) is 0. The molecule has 0 saturated heterocycles. The zero-order chi connectivity index (χ0) is 17.5. The molecule has 1 heterocycles. The van der Waals surface area contributed by atoms with Crippen LogP contribution in [0.4, 0.5) is 0 Å². The van der Waals surface area contributed by atoms with Crippen LogP contribution in [0.3, 0.4) is 0 Å². The first kappa shape index (κ1) is 17.3. The Bertz CT molecular complexity index is 632. The van der Waals surface area contributed by atoms with Crippen LogP contribution >= 0.6 is 0 Å². The van der Waals surface area contributed by atoms with Crippen LogP contribution in [0.2, 0.25) is 0 Å². The molecule has 0 radical (unpaired) electrons. The highest BCUT2D eigenvalue weighted by Crippen LogP contribution is 2.56.